The van der Waals surface area contributed by atoms with Crippen molar-refractivity contribution in [2.45, 2.75) is 12.6 Å². The summed E-state index contributed by atoms with van der Waals surface area (Å²) in [7, 11) is 0. The molecule has 2 aromatic carbocycles. The SMILES string of the molecule is O=C(Cc1ccccc1C(F)(F)F)Nc1cc(-c2ccncc2)cc2nc(-c3ccccc3)nn12. The van der Waals surface area contributed by atoms with Gasteiger partial charge in [0.15, 0.2) is 11.5 Å². The number of nitrogens with one attached hydrogen (secondary N) is 1. The molecule has 0 saturated heterocycles. The molecule has 35 heavy (non-hydrogen) atoms. The maximum atomic E-state index is 13.4. The van der Waals surface area contributed by atoms with Crippen molar-refractivity contribution in [3.8, 4) is 22.5 Å². The zero-order chi connectivity index (χ0) is 24.4. The summed E-state index contributed by atoms with van der Waals surface area (Å²) in [5.41, 5.74) is 1.91. The van der Waals surface area contributed by atoms with E-state index in [1.165, 1.54) is 22.7 Å². The van der Waals surface area contributed by atoms with E-state index in [1.54, 1.807) is 18.5 Å². The van der Waals surface area contributed by atoms with Crippen LogP contribution in [0.3, 0.4) is 0 Å². The summed E-state index contributed by atoms with van der Waals surface area (Å²) < 4.78 is 41.6. The van der Waals surface area contributed by atoms with Gasteiger partial charge < -0.3 is 5.32 Å². The number of pyridine rings is 2. The van der Waals surface area contributed by atoms with Crippen LogP contribution in [0, 0.1) is 0 Å². The molecule has 0 fully saturated rings. The molecule has 0 saturated carbocycles. The summed E-state index contributed by atoms with van der Waals surface area (Å²) >= 11 is 0. The third-order valence-corrected chi connectivity index (χ3v) is 5.42. The summed E-state index contributed by atoms with van der Waals surface area (Å²) in [6.45, 7) is 0. The number of amides is 1. The Labute approximate surface area is 198 Å². The monoisotopic (exact) mass is 473 g/mol. The van der Waals surface area contributed by atoms with Gasteiger partial charge in [0.2, 0.25) is 5.91 Å². The highest BCUT2D eigenvalue weighted by Gasteiger charge is 2.33. The largest absolute Gasteiger partial charge is 0.416 e. The second kappa shape index (κ2) is 9.02. The summed E-state index contributed by atoms with van der Waals surface area (Å²) in [4.78, 5) is 21.5. The minimum atomic E-state index is -4.55. The Balaban J connectivity index is 1.54. The normalized spacial score (nSPS) is 11.5. The van der Waals surface area contributed by atoms with E-state index in [0.29, 0.717) is 17.3 Å². The van der Waals surface area contributed by atoms with Gasteiger partial charge in [0.05, 0.1) is 12.0 Å². The number of fused-ring (bicyclic) bond motifs is 1. The van der Waals surface area contributed by atoms with Crippen LogP contribution in [-0.2, 0) is 17.4 Å². The van der Waals surface area contributed by atoms with Crippen LogP contribution in [0.1, 0.15) is 11.1 Å². The third kappa shape index (κ3) is 4.74. The topological polar surface area (TPSA) is 72.2 Å². The molecule has 5 aromatic rings. The summed E-state index contributed by atoms with van der Waals surface area (Å²) in [6, 6.07) is 21.5. The van der Waals surface area contributed by atoms with Gasteiger partial charge in [-0.05, 0) is 47.0 Å². The maximum Gasteiger partial charge on any atom is 0.416 e. The van der Waals surface area contributed by atoms with Crippen LogP contribution in [0.5, 0.6) is 0 Å². The van der Waals surface area contributed by atoms with Crippen molar-refractivity contribution in [1.82, 2.24) is 19.6 Å². The molecule has 1 N–H and O–H groups in total. The van der Waals surface area contributed by atoms with Crippen molar-refractivity contribution in [2.75, 3.05) is 5.32 Å². The highest BCUT2D eigenvalue weighted by Crippen LogP contribution is 2.32. The Kier molecular flexibility index (Phi) is 5.74. The lowest BCUT2D eigenvalue weighted by atomic mass is 10.0. The van der Waals surface area contributed by atoms with Gasteiger partial charge in [-0.1, -0.05) is 48.5 Å². The number of rotatable bonds is 5. The minimum absolute atomic E-state index is 0.109. The smallest absolute Gasteiger partial charge is 0.310 e. The van der Waals surface area contributed by atoms with Crippen molar-refractivity contribution < 1.29 is 18.0 Å². The van der Waals surface area contributed by atoms with Gasteiger partial charge in [-0.25, -0.2) is 4.98 Å². The molecule has 3 aromatic heterocycles. The first-order valence-corrected chi connectivity index (χ1v) is 10.7. The van der Waals surface area contributed by atoms with E-state index < -0.39 is 24.1 Å². The van der Waals surface area contributed by atoms with Crippen LogP contribution < -0.4 is 5.32 Å². The molecule has 0 spiro atoms. The highest BCUT2D eigenvalue weighted by atomic mass is 19.4. The van der Waals surface area contributed by atoms with Gasteiger partial charge in [0, 0.05) is 18.0 Å². The zero-order valence-electron chi connectivity index (χ0n) is 18.2. The Morgan fingerprint density at radius 3 is 2.31 bits per heavy atom. The molecule has 5 rings (SSSR count). The molecule has 0 radical (unpaired) electrons. The van der Waals surface area contributed by atoms with Gasteiger partial charge in [0.1, 0.15) is 5.82 Å². The number of halogens is 3. The molecular weight excluding hydrogens is 455 g/mol. The average molecular weight is 473 g/mol. The summed E-state index contributed by atoms with van der Waals surface area (Å²) in [5, 5.41) is 7.26. The fourth-order valence-corrected chi connectivity index (χ4v) is 3.80. The van der Waals surface area contributed by atoms with Crippen molar-refractivity contribution in [2.24, 2.45) is 0 Å². The van der Waals surface area contributed by atoms with E-state index in [-0.39, 0.29) is 5.56 Å². The van der Waals surface area contributed by atoms with Gasteiger partial charge in [-0.15, -0.1) is 5.10 Å². The molecule has 3 heterocycles. The second-order valence-corrected chi connectivity index (χ2v) is 7.82. The number of carbonyl (C=O) groups excluding carboxylic acids is 1. The molecule has 0 bridgehead atoms. The number of alkyl halides is 3. The van der Waals surface area contributed by atoms with Crippen LogP contribution in [0.2, 0.25) is 0 Å². The predicted molar refractivity (Wildman–Crippen MR) is 125 cm³/mol. The fourth-order valence-electron chi connectivity index (χ4n) is 3.80. The van der Waals surface area contributed by atoms with E-state index in [4.69, 9.17) is 0 Å². The number of carbonyl (C=O) groups is 1. The van der Waals surface area contributed by atoms with Crippen LogP contribution in [0.25, 0.3) is 28.2 Å². The van der Waals surface area contributed by atoms with Crippen LogP contribution >= 0.6 is 0 Å². The van der Waals surface area contributed by atoms with Gasteiger partial charge >= 0.3 is 6.18 Å². The lowest BCUT2D eigenvalue weighted by Crippen LogP contribution is -2.19. The molecule has 0 aliphatic heterocycles. The molecular formula is C26H18F3N5O. The van der Waals surface area contributed by atoms with E-state index in [9.17, 15) is 18.0 Å². The first kappa shape index (κ1) is 22.3. The van der Waals surface area contributed by atoms with E-state index in [1.807, 2.05) is 48.5 Å². The first-order valence-electron chi connectivity index (χ1n) is 10.7. The number of hydrogen-bond acceptors (Lipinski definition) is 4. The van der Waals surface area contributed by atoms with Gasteiger partial charge in [0.25, 0.3) is 0 Å². The minimum Gasteiger partial charge on any atom is -0.310 e. The Morgan fingerprint density at radius 1 is 0.857 bits per heavy atom. The predicted octanol–water partition coefficient (Wildman–Crippen LogP) is 5.66. The van der Waals surface area contributed by atoms with Crippen molar-refractivity contribution >= 4 is 17.4 Å². The second-order valence-electron chi connectivity index (χ2n) is 7.82. The van der Waals surface area contributed by atoms with Gasteiger partial charge in [-0.3, -0.25) is 9.78 Å². The average Bonchev–Trinajstić information content (AvgIpc) is 3.29. The molecule has 174 valence electrons. The molecule has 0 atom stereocenters. The van der Waals surface area contributed by atoms with E-state index in [2.05, 4.69) is 20.4 Å². The lowest BCUT2D eigenvalue weighted by molar-refractivity contribution is -0.138. The number of hydrogen-bond donors (Lipinski definition) is 1. The Hall–Kier alpha value is -4.53. The quantitative estimate of drug-likeness (QED) is 0.358. The number of aromatic nitrogens is 4. The number of anilines is 1. The zero-order valence-corrected chi connectivity index (χ0v) is 18.2. The highest BCUT2D eigenvalue weighted by molar-refractivity contribution is 5.93. The lowest BCUT2D eigenvalue weighted by Gasteiger charge is -2.13. The molecule has 6 nitrogen and oxygen atoms in total. The van der Waals surface area contributed by atoms with Crippen molar-refractivity contribution in [3.63, 3.8) is 0 Å². The van der Waals surface area contributed by atoms with Crippen molar-refractivity contribution in [1.29, 1.82) is 0 Å². The molecule has 0 aliphatic rings. The summed E-state index contributed by atoms with van der Waals surface area (Å²) in [6.07, 6.45) is -1.71. The Bertz CT molecular complexity index is 1500. The summed E-state index contributed by atoms with van der Waals surface area (Å²) in [5.74, 6) is 0.139. The molecule has 0 aliphatic carbocycles. The van der Waals surface area contributed by atoms with Crippen LogP contribution in [0.4, 0.5) is 19.0 Å². The molecule has 9 heteroatoms. The number of nitrogens with zero attached hydrogens (tertiary/aromatic N) is 4. The van der Waals surface area contributed by atoms with Crippen LogP contribution in [0.15, 0.2) is 91.3 Å². The first-order chi connectivity index (χ1) is 16.9. The van der Waals surface area contributed by atoms with Crippen LogP contribution in [-0.4, -0.2) is 25.5 Å². The van der Waals surface area contributed by atoms with E-state index >= 15 is 0 Å². The third-order valence-electron chi connectivity index (χ3n) is 5.42. The van der Waals surface area contributed by atoms with E-state index in [0.717, 1.165) is 22.8 Å². The van der Waals surface area contributed by atoms with Gasteiger partial charge in [-0.2, -0.15) is 17.7 Å². The Morgan fingerprint density at radius 2 is 1.57 bits per heavy atom. The molecule has 1 amide bonds. The number of benzene rings is 2. The molecule has 0 unspecified atom stereocenters. The standard InChI is InChI=1S/C26H18F3N5O/c27-26(28,29)21-9-5-4-8-19(21)16-24(35)31-22-14-20(17-10-12-30-13-11-17)15-23-32-25(33-34(22)23)18-6-2-1-3-7-18/h1-15H,16H2,(H,31,35). The van der Waals surface area contributed by atoms with Crippen molar-refractivity contribution in [3.05, 3.63) is 102 Å². The maximum absolute atomic E-state index is 13.4. The fraction of sp³-hybridized carbons (Fsp3) is 0.0769.